The number of aliphatic hydroxyl groups is 1. The van der Waals surface area contributed by atoms with Crippen LogP contribution in [0.1, 0.15) is 59.5 Å². The van der Waals surface area contributed by atoms with Crippen molar-refractivity contribution in [3.8, 4) is 11.1 Å². The first-order chi connectivity index (χ1) is 26.4. The van der Waals surface area contributed by atoms with E-state index in [4.69, 9.17) is 23.7 Å². The summed E-state index contributed by atoms with van der Waals surface area (Å²) < 4.78 is 30.1. The number of carbonyl (C=O) groups is 2. The summed E-state index contributed by atoms with van der Waals surface area (Å²) in [5.41, 5.74) is 6.61. The molecule has 3 aliphatic heterocycles. The summed E-state index contributed by atoms with van der Waals surface area (Å²) in [5, 5.41) is 15.3. The molecular weight excluding hydrogens is 686 g/mol. The quantitative estimate of drug-likeness (QED) is 0.155. The second kappa shape index (κ2) is 17.7. The molecule has 3 aliphatic rings. The summed E-state index contributed by atoms with van der Waals surface area (Å²) in [6.07, 6.45) is 1.91. The standard InChI is InChI=1S/C43H49N3O8/c1-50-40(48)38(25-30-7-3-2-4-8-30)45-42(49)44-27-35-9-5-6-10-37(35)32-15-17-34(18-16-32)41-53-36(26-39(54-41)33-13-11-31(29-47)12-14-33)28-46-21-19-43(20-22-46)51-23-24-52-43/h2-18,36,38-39,41,47H,19-29H2,1H3,(H2,44,45,49). The van der Waals surface area contributed by atoms with Gasteiger partial charge in [0.05, 0.1) is 39.1 Å². The summed E-state index contributed by atoms with van der Waals surface area (Å²) in [6.45, 7) is 4.11. The molecule has 54 heavy (non-hydrogen) atoms. The van der Waals surface area contributed by atoms with Crippen LogP contribution in [-0.2, 0) is 48.1 Å². The van der Waals surface area contributed by atoms with Gasteiger partial charge in [-0.15, -0.1) is 0 Å². The number of rotatable bonds is 12. The number of methoxy groups -OCH3 is 1. The third-order valence-electron chi connectivity index (χ3n) is 10.5. The summed E-state index contributed by atoms with van der Waals surface area (Å²) in [6, 6.07) is 32.2. The predicted octanol–water partition coefficient (Wildman–Crippen LogP) is 5.81. The highest BCUT2D eigenvalue weighted by atomic mass is 16.7. The largest absolute Gasteiger partial charge is 0.467 e. The maximum absolute atomic E-state index is 13.0. The summed E-state index contributed by atoms with van der Waals surface area (Å²) in [4.78, 5) is 27.9. The van der Waals surface area contributed by atoms with Crippen LogP contribution in [0.5, 0.6) is 0 Å². The topological polar surface area (TPSA) is 128 Å². The van der Waals surface area contributed by atoms with Crippen molar-refractivity contribution in [2.75, 3.05) is 40.0 Å². The normalized spacial score (nSPS) is 21.7. The second-order valence-corrected chi connectivity index (χ2v) is 14.1. The van der Waals surface area contributed by atoms with Gasteiger partial charge in [0.25, 0.3) is 0 Å². The monoisotopic (exact) mass is 735 g/mol. The van der Waals surface area contributed by atoms with E-state index in [2.05, 4.69) is 27.7 Å². The Morgan fingerprint density at radius 2 is 1.54 bits per heavy atom. The number of benzene rings is 4. The van der Waals surface area contributed by atoms with E-state index in [0.29, 0.717) is 26.1 Å². The van der Waals surface area contributed by atoms with E-state index in [1.54, 1.807) is 0 Å². The molecule has 3 saturated heterocycles. The Morgan fingerprint density at radius 1 is 0.852 bits per heavy atom. The molecule has 4 aromatic carbocycles. The molecule has 11 heteroatoms. The zero-order valence-corrected chi connectivity index (χ0v) is 30.7. The van der Waals surface area contributed by atoms with Gasteiger partial charge in [-0.25, -0.2) is 9.59 Å². The molecule has 0 radical (unpaired) electrons. The lowest BCUT2D eigenvalue weighted by molar-refractivity contribution is -0.255. The van der Waals surface area contributed by atoms with Gasteiger partial charge in [-0.05, 0) is 33.4 Å². The highest BCUT2D eigenvalue weighted by Crippen LogP contribution is 2.40. The molecular formula is C43H49N3O8. The number of ether oxygens (including phenoxy) is 5. The minimum absolute atomic E-state index is 0.00655. The average Bonchev–Trinajstić information content (AvgIpc) is 3.68. The number of hydrogen-bond acceptors (Lipinski definition) is 9. The number of nitrogens with one attached hydrogen (secondary N) is 2. The van der Waals surface area contributed by atoms with Crippen molar-refractivity contribution in [3.05, 3.63) is 131 Å². The molecule has 1 spiro atoms. The van der Waals surface area contributed by atoms with Crippen molar-refractivity contribution in [2.24, 2.45) is 0 Å². The van der Waals surface area contributed by atoms with Crippen LogP contribution in [0, 0.1) is 0 Å². The van der Waals surface area contributed by atoms with Crippen LogP contribution in [0.2, 0.25) is 0 Å². The Balaban J connectivity index is 1.02. The van der Waals surface area contributed by atoms with Crippen molar-refractivity contribution < 1.29 is 38.4 Å². The van der Waals surface area contributed by atoms with Gasteiger partial charge >= 0.3 is 12.0 Å². The zero-order valence-electron chi connectivity index (χ0n) is 30.7. The minimum Gasteiger partial charge on any atom is -0.467 e. The molecule has 284 valence electrons. The molecule has 3 heterocycles. The van der Waals surface area contributed by atoms with E-state index in [-0.39, 0.29) is 25.4 Å². The number of nitrogens with zero attached hydrogens (tertiary/aromatic N) is 1. The summed E-state index contributed by atoms with van der Waals surface area (Å²) >= 11 is 0. The highest BCUT2D eigenvalue weighted by molar-refractivity contribution is 5.84. The van der Waals surface area contributed by atoms with Gasteiger partial charge in [0.1, 0.15) is 6.04 Å². The van der Waals surface area contributed by atoms with E-state index >= 15 is 0 Å². The third-order valence-corrected chi connectivity index (χ3v) is 10.5. The number of piperidine rings is 1. The Bertz CT molecular complexity index is 1820. The van der Waals surface area contributed by atoms with Gasteiger partial charge in [0.2, 0.25) is 0 Å². The zero-order chi connectivity index (χ0) is 37.3. The van der Waals surface area contributed by atoms with Crippen LogP contribution in [0.4, 0.5) is 4.79 Å². The van der Waals surface area contributed by atoms with Crippen LogP contribution < -0.4 is 10.6 Å². The van der Waals surface area contributed by atoms with E-state index < -0.39 is 30.1 Å². The molecule has 11 nitrogen and oxygen atoms in total. The Kier molecular flexibility index (Phi) is 12.3. The predicted molar refractivity (Wildman–Crippen MR) is 202 cm³/mol. The fourth-order valence-corrected chi connectivity index (χ4v) is 7.53. The van der Waals surface area contributed by atoms with Crippen LogP contribution in [0.25, 0.3) is 11.1 Å². The fraction of sp³-hybridized carbons (Fsp3) is 0.395. The first-order valence-corrected chi connectivity index (χ1v) is 18.8. The molecule has 0 saturated carbocycles. The number of carbonyl (C=O) groups excluding carboxylic acids is 2. The molecule has 3 fully saturated rings. The van der Waals surface area contributed by atoms with Gasteiger partial charge in [0.15, 0.2) is 12.1 Å². The Hall–Kier alpha value is -4.62. The number of esters is 1. The molecule has 7 rings (SSSR count). The Morgan fingerprint density at radius 3 is 2.24 bits per heavy atom. The summed E-state index contributed by atoms with van der Waals surface area (Å²) in [5.74, 6) is -0.933. The number of likely N-dealkylation sites (tertiary alicyclic amines) is 1. The number of amides is 2. The van der Waals surface area contributed by atoms with Crippen molar-refractivity contribution >= 4 is 12.0 Å². The van der Waals surface area contributed by atoms with Gasteiger partial charge < -0.3 is 44.3 Å². The van der Waals surface area contributed by atoms with Crippen molar-refractivity contribution in [3.63, 3.8) is 0 Å². The molecule has 3 N–H and O–H groups in total. The SMILES string of the molecule is COC(=O)C(Cc1ccccc1)NC(=O)NCc1ccccc1-c1ccc(C2OC(CN3CCC4(CC3)OCCO4)CC(c3ccc(CO)cc3)O2)cc1. The first kappa shape index (κ1) is 37.7. The molecule has 4 unspecified atom stereocenters. The van der Waals surface area contributed by atoms with Gasteiger partial charge in [-0.3, -0.25) is 0 Å². The van der Waals surface area contributed by atoms with Crippen molar-refractivity contribution in [2.45, 2.75) is 69.2 Å². The van der Waals surface area contributed by atoms with Gasteiger partial charge in [-0.1, -0.05) is 103 Å². The van der Waals surface area contributed by atoms with E-state index in [1.165, 1.54) is 7.11 Å². The summed E-state index contributed by atoms with van der Waals surface area (Å²) in [7, 11) is 1.31. The highest BCUT2D eigenvalue weighted by Gasteiger charge is 2.41. The maximum atomic E-state index is 13.0. The number of hydrogen-bond donors (Lipinski definition) is 3. The van der Waals surface area contributed by atoms with Crippen LogP contribution >= 0.6 is 0 Å². The maximum Gasteiger partial charge on any atom is 0.328 e. The smallest absolute Gasteiger partial charge is 0.328 e. The Labute approximate surface area is 316 Å². The van der Waals surface area contributed by atoms with Gasteiger partial charge in [0, 0.05) is 57.4 Å². The lowest BCUT2D eigenvalue weighted by Crippen LogP contribution is -2.48. The fourth-order valence-electron chi connectivity index (χ4n) is 7.53. The van der Waals surface area contributed by atoms with Crippen LogP contribution in [-0.4, -0.2) is 79.9 Å². The minimum atomic E-state index is -0.823. The molecule has 2 amide bonds. The molecule has 4 atom stereocenters. The molecule has 0 aromatic heterocycles. The van der Waals surface area contributed by atoms with Gasteiger partial charge in [-0.2, -0.15) is 0 Å². The van der Waals surface area contributed by atoms with Crippen molar-refractivity contribution in [1.29, 1.82) is 0 Å². The lowest BCUT2D eigenvalue weighted by atomic mass is 9.97. The third kappa shape index (κ3) is 9.35. The average molecular weight is 736 g/mol. The molecule has 0 aliphatic carbocycles. The lowest BCUT2D eigenvalue weighted by Gasteiger charge is -2.41. The van der Waals surface area contributed by atoms with E-state index in [9.17, 15) is 14.7 Å². The van der Waals surface area contributed by atoms with E-state index in [1.807, 2.05) is 91.0 Å². The number of aliphatic hydroxyl groups excluding tert-OH is 1. The van der Waals surface area contributed by atoms with Crippen LogP contribution in [0.3, 0.4) is 0 Å². The van der Waals surface area contributed by atoms with Crippen LogP contribution in [0.15, 0.2) is 103 Å². The second-order valence-electron chi connectivity index (χ2n) is 14.1. The van der Waals surface area contributed by atoms with Crippen molar-refractivity contribution in [1.82, 2.24) is 15.5 Å². The molecule has 0 bridgehead atoms. The molecule has 4 aromatic rings. The first-order valence-electron chi connectivity index (χ1n) is 18.8. The number of urea groups is 1. The van der Waals surface area contributed by atoms with E-state index in [0.717, 1.165) is 71.4 Å².